The molecule has 1 atom stereocenters. The molecule has 148 valence electrons. The van der Waals surface area contributed by atoms with Crippen LogP contribution in [-0.2, 0) is 9.59 Å². The number of rotatable bonds is 7. The first-order chi connectivity index (χ1) is 13.1. The SMILES string of the molecule is O=C1NC(=O)N(CCC2=CCCCC2)C(=O)[C@@H]1C=NCCN1CCNCC1. The third-order valence-corrected chi connectivity index (χ3v) is 5.34. The maximum Gasteiger partial charge on any atom is 0.330 e. The van der Waals surface area contributed by atoms with Gasteiger partial charge in [0.1, 0.15) is 0 Å². The summed E-state index contributed by atoms with van der Waals surface area (Å²) in [5.41, 5.74) is 1.29. The normalized spacial score (nSPS) is 25.0. The monoisotopic (exact) mass is 375 g/mol. The van der Waals surface area contributed by atoms with Crippen molar-refractivity contribution in [2.75, 3.05) is 45.8 Å². The van der Waals surface area contributed by atoms with Gasteiger partial charge in [0.05, 0.1) is 6.54 Å². The van der Waals surface area contributed by atoms with Crippen molar-refractivity contribution in [1.82, 2.24) is 20.4 Å². The van der Waals surface area contributed by atoms with Crippen molar-refractivity contribution >= 4 is 24.1 Å². The number of aliphatic imine (C=N–C) groups is 1. The Balaban J connectivity index is 1.51. The van der Waals surface area contributed by atoms with E-state index < -0.39 is 23.8 Å². The Morgan fingerprint density at radius 1 is 1.15 bits per heavy atom. The maximum atomic E-state index is 12.6. The molecule has 0 bridgehead atoms. The number of nitrogens with one attached hydrogen (secondary N) is 2. The average Bonchev–Trinajstić information content (AvgIpc) is 2.68. The van der Waals surface area contributed by atoms with Crippen LogP contribution in [0.5, 0.6) is 0 Å². The van der Waals surface area contributed by atoms with Crippen molar-refractivity contribution in [3.05, 3.63) is 11.6 Å². The van der Waals surface area contributed by atoms with E-state index in [1.165, 1.54) is 18.2 Å². The van der Waals surface area contributed by atoms with Crippen LogP contribution >= 0.6 is 0 Å². The van der Waals surface area contributed by atoms with E-state index in [-0.39, 0.29) is 0 Å². The van der Waals surface area contributed by atoms with Gasteiger partial charge in [-0.2, -0.15) is 0 Å². The lowest BCUT2D eigenvalue weighted by molar-refractivity contribution is -0.139. The van der Waals surface area contributed by atoms with Gasteiger partial charge in [-0.3, -0.25) is 29.7 Å². The van der Waals surface area contributed by atoms with E-state index in [9.17, 15) is 14.4 Å². The third kappa shape index (κ3) is 5.46. The first kappa shape index (κ1) is 19.7. The highest BCUT2D eigenvalue weighted by Crippen LogP contribution is 2.21. The van der Waals surface area contributed by atoms with Crippen molar-refractivity contribution in [2.24, 2.45) is 10.9 Å². The fourth-order valence-electron chi connectivity index (χ4n) is 3.67. The van der Waals surface area contributed by atoms with Gasteiger partial charge in [-0.1, -0.05) is 11.6 Å². The van der Waals surface area contributed by atoms with Crippen molar-refractivity contribution in [1.29, 1.82) is 0 Å². The molecule has 8 heteroatoms. The van der Waals surface area contributed by atoms with E-state index in [4.69, 9.17) is 0 Å². The fourth-order valence-corrected chi connectivity index (χ4v) is 3.67. The molecule has 27 heavy (non-hydrogen) atoms. The molecule has 3 rings (SSSR count). The van der Waals surface area contributed by atoms with Gasteiger partial charge >= 0.3 is 6.03 Å². The highest BCUT2D eigenvalue weighted by molar-refractivity contribution is 6.23. The molecule has 0 radical (unpaired) electrons. The Kier molecular flexibility index (Phi) is 7.11. The number of hydrogen-bond acceptors (Lipinski definition) is 6. The van der Waals surface area contributed by atoms with E-state index in [1.807, 2.05) is 0 Å². The maximum absolute atomic E-state index is 12.6. The second-order valence-electron chi connectivity index (χ2n) is 7.27. The molecule has 1 aliphatic carbocycles. The lowest BCUT2D eigenvalue weighted by atomic mass is 9.97. The number of imide groups is 2. The molecule has 4 amide bonds. The van der Waals surface area contributed by atoms with Crippen LogP contribution in [0.15, 0.2) is 16.6 Å². The van der Waals surface area contributed by atoms with Gasteiger partial charge in [0, 0.05) is 45.5 Å². The van der Waals surface area contributed by atoms with E-state index in [0.29, 0.717) is 19.5 Å². The Bertz CT molecular complexity index is 625. The smallest absolute Gasteiger partial charge is 0.314 e. The molecule has 2 heterocycles. The number of carbonyl (C=O) groups excluding carboxylic acids is 3. The van der Waals surface area contributed by atoms with Gasteiger partial charge in [-0.15, -0.1) is 0 Å². The van der Waals surface area contributed by atoms with E-state index in [1.54, 1.807) is 0 Å². The van der Waals surface area contributed by atoms with Crippen LogP contribution in [-0.4, -0.2) is 79.7 Å². The predicted octanol–water partition coefficient (Wildman–Crippen LogP) is 0.548. The largest absolute Gasteiger partial charge is 0.330 e. The first-order valence-corrected chi connectivity index (χ1v) is 9.92. The Morgan fingerprint density at radius 2 is 1.96 bits per heavy atom. The van der Waals surface area contributed by atoms with Crippen molar-refractivity contribution < 1.29 is 14.4 Å². The molecule has 0 aromatic rings. The Labute approximate surface area is 160 Å². The summed E-state index contributed by atoms with van der Waals surface area (Å²) < 4.78 is 0. The summed E-state index contributed by atoms with van der Waals surface area (Å²) in [5.74, 6) is -2.05. The highest BCUT2D eigenvalue weighted by Gasteiger charge is 2.39. The summed E-state index contributed by atoms with van der Waals surface area (Å²) in [6.07, 6.45) is 8.74. The van der Waals surface area contributed by atoms with Crippen molar-refractivity contribution in [2.45, 2.75) is 32.1 Å². The molecule has 2 aliphatic heterocycles. The fraction of sp³-hybridized carbons (Fsp3) is 0.684. The number of nitrogens with zero attached hydrogens (tertiary/aromatic N) is 3. The van der Waals surface area contributed by atoms with Crippen LogP contribution in [0.1, 0.15) is 32.1 Å². The van der Waals surface area contributed by atoms with Crippen molar-refractivity contribution in [3.8, 4) is 0 Å². The summed E-state index contributed by atoms with van der Waals surface area (Å²) in [5, 5.41) is 5.58. The first-order valence-electron chi connectivity index (χ1n) is 9.92. The lowest BCUT2D eigenvalue weighted by Gasteiger charge is -2.29. The molecule has 0 unspecified atom stereocenters. The molecule has 0 spiro atoms. The minimum atomic E-state index is -1.01. The molecule has 2 saturated heterocycles. The summed E-state index contributed by atoms with van der Waals surface area (Å²) >= 11 is 0. The third-order valence-electron chi connectivity index (χ3n) is 5.34. The van der Waals surface area contributed by atoms with Gasteiger partial charge in [-0.05, 0) is 32.1 Å². The van der Waals surface area contributed by atoms with Gasteiger partial charge in [-0.25, -0.2) is 4.79 Å². The molecule has 3 aliphatic rings. The Hall–Kier alpha value is -2.06. The second-order valence-corrected chi connectivity index (χ2v) is 7.27. The van der Waals surface area contributed by atoms with Gasteiger partial charge in [0.25, 0.3) is 0 Å². The highest BCUT2D eigenvalue weighted by atomic mass is 16.2. The lowest BCUT2D eigenvalue weighted by Crippen LogP contribution is -2.58. The number of carbonyl (C=O) groups is 3. The van der Waals surface area contributed by atoms with Crippen molar-refractivity contribution in [3.63, 3.8) is 0 Å². The van der Waals surface area contributed by atoms with Crippen LogP contribution in [0.3, 0.4) is 0 Å². The standard InChI is InChI=1S/C19H29N5O3/c25-17-16(14-21-9-13-23-11-7-20-8-12-23)18(26)24(19(27)22-17)10-6-15-4-2-1-3-5-15/h4,14,16,20H,1-3,5-13H2,(H,22,25,27)/t16-/m1/s1. The van der Waals surface area contributed by atoms with Gasteiger partial charge in [0.15, 0.2) is 5.92 Å². The topological polar surface area (TPSA) is 94.1 Å². The zero-order chi connectivity index (χ0) is 19.1. The predicted molar refractivity (Wildman–Crippen MR) is 103 cm³/mol. The zero-order valence-electron chi connectivity index (χ0n) is 15.8. The molecule has 0 saturated carbocycles. The van der Waals surface area contributed by atoms with Gasteiger partial charge < -0.3 is 5.32 Å². The van der Waals surface area contributed by atoms with Gasteiger partial charge in [0.2, 0.25) is 11.8 Å². The summed E-state index contributed by atoms with van der Waals surface area (Å²) in [7, 11) is 0. The van der Waals surface area contributed by atoms with Crippen LogP contribution in [0.4, 0.5) is 4.79 Å². The summed E-state index contributed by atoms with van der Waals surface area (Å²) in [6, 6.07) is -0.619. The van der Waals surface area contributed by atoms with E-state index in [0.717, 1.165) is 56.9 Å². The van der Waals surface area contributed by atoms with E-state index >= 15 is 0 Å². The van der Waals surface area contributed by atoms with Crippen LogP contribution in [0, 0.1) is 5.92 Å². The van der Waals surface area contributed by atoms with Crippen LogP contribution < -0.4 is 10.6 Å². The number of allylic oxidation sites excluding steroid dienone is 1. The minimum Gasteiger partial charge on any atom is -0.314 e. The Morgan fingerprint density at radius 3 is 2.70 bits per heavy atom. The van der Waals surface area contributed by atoms with E-state index in [2.05, 4.69) is 26.6 Å². The summed E-state index contributed by atoms with van der Waals surface area (Å²) in [6.45, 7) is 5.57. The molecule has 2 fully saturated rings. The molecule has 0 aromatic heterocycles. The molecular weight excluding hydrogens is 346 g/mol. The zero-order valence-corrected chi connectivity index (χ0v) is 15.8. The number of urea groups is 1. The minimum absolute atomic E-state index is 0.314. The molecule has 2 N–H and O–H groups in total. The average molecular weight is 375 g/mol. The number of hydrogen-bond donors (Lipinski definition) is 2. The quantitative estimate of drug-likeness (QED) is 0.385. The van der Waals surface area contributed by atoms with Crippen LogP contribution in [0.25, 0.3) is 0 Å². The van der Waals surface area contributed by atoms with Crippen LogP contribution in [0.2, 0.25) is 0 Å². The second kappa shape index (κ2) is 9.75. The molecule has 0 aromatic carbocycles. The number of piperazine rings is 1. The summed E-state index contributed by atoms with van der Waals surface area (Å²) in [4.78, 5) is 44.5. The molecule has 8 nitrogen and oxygen atoms in total. The number of amides is 4. The molecular formula is C19H29N5O3. The number of barbiturate groups is 1.